The van der Waals surface area contributed by atoms with E-state index in [0.29, 0.717) is 10.8 Å². The third-order valence-electron chi connectivity index (χ3n) is 4.47. The summed E-state index contributed by atoms with van der Waals surface area (Å²) in [5, 5.41) is 5.68. The summed E-state index contributed by atoms with van der Waals surface area (Å²) in [6.07, 6.45) is 0. The standard InChI is InChI=1S/C22H25N3O4S2/c1-15(2)20(25-31(27,28)19-7-5-4-6-8-19)21(26)29-13-18-14-30-22(24-18)23-17-11-9-16(3)10-12-17/h4-12,14-15,20,25H,13H2,1-3H3,(H,23,24)/t20-/m1/s1. The van der Waals surface area contributed by atoms with E-state index in [0.717, 1.165) is 5.69 Å². The number of sulfonamides is 1. The summed E-state index contributed by atoms with van der Waals surface area (Å²) in [5.74, 6) is -0.935. The first-order valence-corrected chi connectivity index (χ1v) is 12.1. The van der Waals surface area contributed by atoms with Crippen LogP contribution in [0.2, 0.25) is 0 Å². The van der Waals surface area contributed by atoms with E-state index >= 15 is 0 Å². The zero-order chi connectivity index (χ0) is 22.4. The highest BCUT2D eigenvalue weighted by Gasteiger charge is 2.29. The lowest BCUT2D eigenvalue weighted by Gasteiger charge is -2.20. The molecule has 1 heterocycles. The van der Waals surface area contributed by atoms with Crippen molar-refractivity contribution in [2.75, 3.05) is 5.32 Å². The van der Waals surface area contributed by atoms with Gasteiger partial charge in [-0.25, -0.2) is 13.4 Å². The molecule has 0 aliphatic rings. The van der Waals surface area contributed by atoms with Crippen molar-refractivity contribution in [3.8, 4) is 0 Å². The highest BCUT2D eigenvalue weighted by atomic mass is 32.2. The fourth-order valence-corrected chi connectivity index (χ4v) is 4.79. The number of esters is 1. The van der Waals surface area contributed by atoms with Gasteiger partial charge >= 0.3 is 5.97 Å². The van der Waals surface area contributed by atoms with Gasteiger partial charge in [-0.2, -0.15) is 4.72 Å². The topological polar surface area (TPSA) is 97.4 Å². The number of nitrogens with one attached hydrogen (secondary N) is 2. The summed E-state index contributed by atoms with van der Waals surface area (Å²) in [4.78, 5) is 17.1. The van der Waals surface area contributed by atoms with Crippen LogP contribution in [0.4, 0.5) is 10.8 Å². The molecule has 0 amide bonds. The molecule has 1 atom stereocenters. The van der Waals surface area contributed by atoms with Crippen LogP contribution in [0.5, 0.6) is 0 Å². The fraction of sp³-hybridized carbons (Fsp3) is 0.273. The number of benzene rings is 2. The Hall–Kier alpha value is -2.75. The predicted octanol–water partition coefficient (Wildman–Crippen LogP) is 4.24. The van der Waals surface area contributed by atoms with Gasteiger partial charge in [0.25, 0.3) is 0 Å². The molecule has 1 aromatic heterocycles. The van der Waals surface area contributed by atoms with Crippen LogP contribution >= 0.6 is 11.3 Å². The highest BCUT2D eigenvalue weighted by Crippen LogP contribution is 2.22. The van der Waals surface area contributed by atoms with Crippen LogP contribution < -0.4 is 10.0 Å². The molecule has 0 bridgehead atoms. The number of aryl methyl sites for hydroxylation is 1. The number of carbonyl (C=O) groups excluding carboxylic acids is 1. The molecular weight excluding hydrogens is 434 g/mol. The van der Waals surface area contributed by atoms with Gasteiger partial charge < -0.3 is 10.1 Å². The Balaban J connectivity index is 1.60. The molecule has 0 aliphatic carbocycles. The zero-order valence-corrected chi connectivity index (χ0v) is 19.2. The monoisotopic (exact) mass is 459 g/mol. The van der Waals surface area contributed by atoms with Crippen LogP contribution in [0.25, 0.3) is 0 Å². The maximum absolute atomic E-state index is 12.6. The van der Waals surface area contributed by atoms with Crippen molar-refractivity contribution in [1.29, 1.82) is 0 Å². The maximum atomic E-state index is 12.6. The largest absolute Gasteiger partial charge is 0.458 e. The Morgan fingerprint density at radius 2 is 1.77 bits per heavy atom. The van der Waals surface area contributed by atoms with Gasteiger partial charge in [-0.15, -0.1) is 11.3 Å². The van der Waals surface area contributed by atoms with Gasteiger partial charge in [0.1, 0.15) is 12.6 Å². The summed E-state index contributed by atoms with van der Waals surface area (Å²) in [5.41, 5.74) is 2.67. The van der Waals surface area contributed by atoms with Crippen molar-refractivity contribution >= 4 is 38.1 Å². The Morgan fingerprint density at radius 1 is 1.10 bits per heavy atom. The number of anilines is 2. The Morgan fingerprint density at radius 3 is 2.42 bits per heavy atom. The second-order valence-electron chi connectivity index (χ2n) is 7.40. The number of ether oxygens (including phenoxy) is 1. The lowest BCUT2D eigenvalue weighted by molar-refractivity contribution is -0.148. The van der Waals surface area contributed by atoms with Crippen LogP contribution in [0.15, 0.2) is 64.9 Å². The number of carbonyl (C=O) groups is 1. The third kappa shape index (κ3) is 6.36. The van der Waals surface area contributed by atoms with E-state index in [4.69, 9.17) is 4.74 Å². The molecule has 0 saturated carbocycles. The van der Waals surface area contributed by atoms with Crippen molar-refractivity contribution in [2.45, 2.75) is 38.3 Å². The van der Waals surface area contributed by atoms with Gasteiger partial charge in [0.15, 0.2) is 5.13 Å². The smallest absolute Gasteiger partial charge is 0.324 e. The number of rotatable bonds is 9. The van der Waals surface area contributed by atoms with Crippen LogP contribution in [0.1, 0.15) is 25.1 Å². The van der Waals surface area contributed by atoms with Crippen LogP contribution in [0.3, 0.4) is 0 Å². The van der Waals surface area contributed by atoms with Gasteiger partial charge in [0, 0.05) is 11.1 Å². The number of nitrogens with zero attached hydrogens (tertiary/aromatic N) is 1. The quantitative estimate of drug-likeness (QED) is 0.465. The van der Waals surface area contributed by atoms with Crippen molar-refractivity contribution in [3.63, 3.8) is 0 Å². The van der Waals surface area contributed by atoms with Crippen LogP contribution in [-0.4, -0.2) is 25.4 Å². The minimum Gasteiger partial charge on any atom is -0.458 e. The maximum Gasteiger partial charge on any atom is 0.324 e. The Bertz CT molecular complexity index is 1110. The van der Waals surface area contributed by atoms with Gasteiger partial charge in [-0.3, -0.25) is 4.79 Å². The molecule has 0 aliphatic heterocycles. The highest BCUT2D eigenvalue weighted by molar-refractivity contribution is 7.89. The van der Waals surface area contributed by atoms with E-state index in [1.807, 2.05) is 31.2 Å². The molecule has 7 nitrogen and oxygen atoms in total. The van der Waals surface area contributed by atoms with Crippen LogP contribution in [0, 0.1) is 12.8 Å². The molecular formula is C22H25N3O4S2. The second-order valence-corrected chi connectivity index (χ2v) is 9.97. The second kappa shape index (κ2) is 10.0. The SMILES string of the molecule is Cc1ccc(Nc2nc(COC(=O)[C@H](NS(=O)(=O)c3ccccc3)C(C)C)cs2)cc1. The van der Waals surface area contributed by atoms with Gasteiger partial charge in [0.2, 0.25) is 10.0 Å². The summed E-state index contributed by atoms with van der Waals surface area (Å²) in [6, 6.07) is 14.8. The van der Waals surface area contributed by atoms with Crippen molar-refractivity contribution in [3.05, 3.63) is 71.2 Å². The van der Waals surface area contributed by atoms with Gasteiger partial charge in [-0.05, 0) is 37.1 Å². The van der Waals surface area contributed by atoms with E-state index in [1.165, 1.54) is 29.0 Å². The Kier molecular flexibility index (Phi) is 7.42. The van der Waals surface area contributed by atoms with E-state index in [9.17, 15) is 13.2 Å². The summed E-state index contributed by atoms with van der Waals surface area (Å²) < 4.78 is 33.0. The van der Waals surface area contributed by atoms with Crippen molar-refractivity contribution in [1.82, 2.24) is 9.71 Å². The Labute approximate surface area is 186 Å². The zero-order valence-electron chi connectivity index (χ0n) is 17.5. The van der Waals surface area contributed by atoms with E-state index in [-0.39, 0.29) is 17.4 Å². The van der Waals surface area contributed by atoms with Crippen LogP contribution in [-0.2, 0) is 26.2 Å². The third-order valence-corrected chi connectivity index (χ3v) is 6.74. The first-order chi connectivity index (χ1) is 14.7. The number of thiazole rings is 1. The first-order valence-electron chi connectivity index (χ1n) is 9.77. The predicted molar refractivity (Wildman–Crippen MR) is 122 cm³/mol. The molecule has 2 N–H and O–H groups in total. The van der Waals surface area contributed by atoms with Crippen molar-refractivity contribution in [2.24, 2.45) is 5.92 Å². The normalized spacial score (nSPS) is 12.5. The van der Waals surface area contributed by atoms with E-state index < -0.39 is 22.0 Å². The number of aromatic nitrogens is 1. The number of hydrogen-bond donors (Lipinski definition) is 2. The molecule has 9 heteroatoms. The van der Waals surface area contributed by atoms with Gasteiger partial charge in [-0.1, -0.05) is 49.7 Å². The molecule has 0 saturated heterocycles. The van der Waals surface area contributed by atoms with E-state index in [1.54, 1.807) is 37.4 Å². The first kappa shape index (κ1) is 22.9. The molecule has 164 valence electrons. The van der Waals surface area contributed by atoms with E-state index in [2.05, 4.69) is 15.0 Å². The molecule has 0 spiro atoms. The average Bonchev–Trinajstić information content (AvgIpc) is 3.20. The molecule has 3 rings (SSSR count). The number of hydrogen-bond acceptors (Lipinski definition) is 7. The minimum atomic E-state index is -3.84. The summed E-state index contributed by atoms with van der Waals surface area (Å²) >= 11 is 1.40. The molecule has 31 heavy (non-hydrogen) atoms. The minimum absolute atomic E-state index is 0.0405. The summed E-state index contributed by atoms with van der Waals surface area (Å²) in [6.45, 7) is 5.49. The molecule has 3 aromatic rings. The lowest BCUT2D eigenvalue weighted by Crippen LogP contribution is -2.45. The molecule has 0 unspecified atom stereocenters. The average molecular weight is 460 g/mol. The van der Waals surface area contributed by atoms with Gasteiger partial charge in [0.05, 0.1) is 10.6 Å². The molecule has 0 radical (unpaired) electrons. The molecule has 0 fully saturated rings. The van der Waals surface area contributed by atoms with Crippen molar-refractivity contribution < 1.29 is 17.9 Å². The molecule has 2 aromatic carbocycles. The summed E-state index contributed by atoms with van der Waals surface area (Å²) in [7, 11) is -3.84. The fourth-order valence-electron chi connectivity index (χ4n) is 2.72. The lowest BCUT2D eigenvalue weighted by atomic mass is 10.1.